The topological polar surface area (TPSA) is 112 Å². The van der Waals surface area contributed by atoms with E-state index in [2.05, 4.69) is 4.98 Å². The molecule has 2 aromatic carbocycles. The normalized spacial score (nSPS) is 11.5. The average Bonchev–Trinajstić information content (AvgIpc) is 2.95. The van der Waals surface area contributed by atoms with Crippen molar-refractivity contribution in [3.8, 4) is 0 Å². The molecule has 118 valence electrons. The van der Waals surface area contributed by atoms with Crippen molar-refractivity contribution in [1.29, 1.82) is 0 Å². The minimum absolute atomic E-state index is 0.0759. The van der Waals surface area contributed by atoms with Gasteiger partial charge >= 0.3 is 5.97 Å². The number of carbonyl (C=O) groups is 1. The van der Waals surface area contributed by atoms with Crippen LogP contribution in [0.4, 0.5) is 0 Å². The maximum absolute atomic E-state index is 11.9. The Kier molecular flexibility index (Phi) is 3.85. The van der Waals surface area contributed by atoms with Gasteiger partial charge in [-0.2, -0.15) is 0 Å². The zero-order chi connectivity index (χ0) is 16.4. The minimum Gasteiger partial charge on any atom is -0.452 e. The third-order valence-corrected chi connectivity index (χ3v) is 4.01. The Bertz CT molecular complexity index is 928. The van der Waals surface area contributed by atoms with Crippen molar-refractivity contribution in [3.05, 3.63) is 60.0 Å². The van der Waals surface area contributed by atoms with Crippen LogP contribution in [0.5, 0.6) is 0 Å². The fourth-order valence-corrected chi connectivity index (χ4v) is 2.49. The summed E-state index contributed by atoms with van der Waals surface area (Å²) in [4.78, 5) is 16.0. The van der Waals surface area contributed by atoms with E-state index in [4.69, 9.17) is 14.3 Å². The highest BCUT2D eigenvalue weighted by molar-refractivity contribution is 7.89. The summed E-state index contributed by atoms with van der Waals surface area (Å²) >= 11 is 0. The summed E-state index contributed by atoms with van der Waals surface area (Å²) < 4.78 is 32.8. The van der Waals surface area contributed by atoms with E-state index in [0.717, 1.165) is 0 Å². The lowest BCUT2D eigenvalue weighted by molar-refractivity contribution is 0.0440. The van der Waals surface area contributed by atoms with Crippen LogP contribution in [-0.4, -0.2) is 19.4 Å². The number of ether oxygens (including phenoxy) is 1. The Hall–Kier alpha value is -2.71. The molecule has 0 amide bonds. The largest absolute Gasteiger partial charge is 0.452 e. The van der Waals surface area contributed by atoms with E-state index in [1.165, 1.54) is 24.3 Å². The second kappa shape index (κ2) is 5.82. The van der Waals surface area contributed by atoms with E-state index in [1.807, 2.05) is 12.1 Å². The Morgan fingerprint density at radius 1 is 1.13 bits per heavy atom. The van der Waals surface area contributed by atoms with E-state index < -0.39 is 16.0 Å². The van der Waals surface area contributed by atoms with Gasteiger partial charge in [0.2, 0.25) is 15.9 Å². The highest BCUT2D eigenvalue weighted by Crippen LogP contribution is 2.16. The first kappa shape index (κ1) is 15.2. The molecule has 0 fully saturated rings. The highest BCUT2D eigenvalue weighted by Gasteiger charge is 2.13. The molecule has 3 aromatic rings. The highest BCUT2D eigenvalue weighted by atomic mass is 32.2. The molecule has 23 heavy (non-hydrogen) atoms. The molecule has 0 saturated heterocycles. The van der Waals surface area contributed by atoms with E-state index in [1.54, 1.807) is 12.1 Å². The quantitative estimate of drug-likeness (QED) is 0.729. The van der Waals surface area contributed by atoms with Gasteiger partial charge in [-0.25, -0.2) is 23.3 Å². The first-order valence-electron chi connectivity index (χ1n) is 6.58. The fourth-order valence-electron chi connectivity index (χ4n) is 1.97. The molecule has 0 atom stereocenters. The molecule has 0 radical (unpaired) electrons. The number of para-hydroxylation sites is 2. The number of carbonyl (C=O) groups excluding carboxylic acids is 1. The van der Waals surface area contributed by atoms with Crippen molar-refractivity contribution in [1.82, 2.24) is 4.98 Å². The Balaban J connectivity index is 1.69. The number of hydrogen-bond acceptors (Lipinski definition) is 6. The summed E-state index contributed by atoms with van der Waals surface area (Å²) in [6.07, 6.45) is 0. The van der Waals surface area contributed by atoms with E-state index in [0.29, 0.717) is 11.1 Å². The van der Waals surface area contributed by atoms with Crippen molar-refractivity contribution in [2.75, 3.05) is 0 Å². The molecule has 2 N–H and O–H groups in total. The van der Waals surface area contributed by atoms with Gasteiger partial charge in [0.25, 0.3) is 0 Å². The third-order valence-electron chi connectivity index (χ3n) is 3.08. The SMILES string of the molecule is NS(=O)(=O)c1ccc(C(=O)OCc2nc3ccccc3o2)cc1. The summed E-state index contributed by atoms with van der Waals surface area (Å²) in [6.45, 7) is -0.121. The predicted octanol–water partition coefficient (Wildman–Crippen LogP) is 1.83. The molecule has 0 bridgehead atoms. The lowest BCUT2D eigenvalue weighted by Gasteiger charge is -2.03. The molecule has 7 nitrogen and oxygen atoms in total. The molecule has 0 aliphatic carbocycles. The molecule has 0 aliphatic heterocycles. The number of rotatable bonds is 4. The molecular weight excluding hydrogens is 320 g/mol. The molecule has 0 aliphatic rings. The van der Waals surface area contributed by atoms with E-state index >= 15 is 0 Å². The van der Waals surface area contributed by atoms with Gasteiger partial charge in [0.05, 0.1) is 10.5 Å². The number of sulfonamides is 1. The number of oxazole rings is 1. The van der Waals surface area contributed by atoms with Gasteiger partial charge in [-0.15, -0.1) is 0 Å². The number of hydrogen-bond donors (Lipinski definition) is 1. The van der Waals surface area contributed by atoms with Crippen LogP contribution in [0.15, 0.2) is 57.8 Å². The molecule has 8 heteroatoms. The smallest absolute Gasteiger partial charge is 0.338 e. The zero-order valence-corrected chi connectivity index (χ0v) is 12.6. The number of primary sulfonamides is 1. The van der Waals surface area contributed by atoms with Crippen LogP contribution in [-0.2, 0) is 21.4 Å². The lowest BCUT2D eigenvalue weighted by atomic mass is 10.2. The molecular formula is C15H12N2O5S. The molecule has 0 spiro atoms. The van der Waals surface area contributed by atoms with Crippen LogP contribution in [0.2, 0.25) is 0 Å². The van der Waals surface area contributed by atoms with Crippen LogP contribution < -0.4 is 5.14 Å². The molecule has 1 aromatic heterocycles. The van der Waals surface area contributed by atoms with Crippen LogP contribution >= 0.6 is 0 Å². The van der Waals surface area contributed by atoms with Gasteiger partial charge in [-0.1, -0.05) is 12.1 Å². The second-order valence-corrected chi connectivity index (χ2v) is 6.28. The minimum atomic E-state index is -3.79. The van der Waals surface area contributed by atoms with Crippen LogP contribution in [0.1, 0.15) is 16.2 Å². The number of nitrogens with two attached hydrogens (primary N) is 1. The third kappa shape index (κ3) is 3.38. The van der Waals surface area contributed by atoms with Crippen molar-refractivity contribution in [2.24, 2.45) is 5.14 Å². The Morgan fingerprint density at radius 2 is 1.83 bits per heavy atom. The van der Waals surface area contributed by atoms with Gasteiger partial charge in [-0.3, -0.25) is 0 Å². The van der Waals surface area contributed by atoms with Gasteiger partial charge in [0.15, 0.2) is 12.2 Å². The number of aromatic nitrogens is 1. The first-order chi connectivity index (χ1) is 10.9. The van der Waals surface area contributed by atoms with Crippen LogP contribution in [0.25, 0.3) is 11.1 Å². The summed E-state index contributed by atoms with van der Waals surface area (Å²) in [5.41, 5.74) is 1.49. The van der Waals surface area contributed by atoms with Crippen molar-refractivity contribution in [2.45, 2.75) is 11.5 Å². The molecule has 0 saturated carbocycles. The monoisotopic (exact) mass is 332 g/mol. The maximum Gasteiger partial charge on any atom is 0.338 e. The summed E-state index contributed by atoms with van der Waals surface area (Å²) in [5.74, 6) is -0.339. The first-order valence-corrected chi connectivity index (χ1v) is 8.12. The van der Waals surface area contributed by atoms with Crippen LogP contribution in [0, 0.1) is 0 Å². The van der Waals surface area contributed by atoms with Gasteiger partial charge < -0.3 is 9.15 Å². The summed E-state index contributed by atoms with van der Waals surface area (Å²) in [7, 11) is -3.79. The number of esters is 1. The maximum atomic E-state index is 11.9. The lowest BCUT2D eigenvalue weighted by Crippen LogP contribution is -2.12. The second-order valence-electron chi connectivity index (χ2n) is 4.72. The van der Waals surface area contributed by atoms with Gasteiger partial charge in [0, 0.05) is 0 Å². The van der Waals surface area contributed by atoms with Gasteiger partial charge in [0.1, 0.15) is 5.52 Å². The van der Waals surface area contributed by atoms with Crippen molar-refractivity contribution in [3.63, 3.8) is 0 Å². The standard InChI is InChI=1S/C15H12N2O5S/c16-23(19,20)11-7-5-10(6-8-11)15(18)21-9-14-17-12-3-1-2-4-13(12)22-14/h1-8H,9H2,(H2,16,19,20). The molecule has 0 unspecified atom stereocenters. The number of nitrogens with zero attached hydrogens (tertiary/aromatic N) is 1. The van der Waals surface area contributed by atoms with E-state index in [-0.39, 0.29) is 23.0 Å². The zero-order valence-electron chi connectivity index (χ0n) is 11.8. The Labute approximate surface area is 131 Å². The molecule has 1 heterocycles. The Morgan fingerprint density at radius 3 is 2.48 bits per heavy atom. The number of benzene rings is 2. The van der Waals surface area contributed by atoms with Crippen molar-refractivity contribution < 1.29 is 22.4 Å². The summed E-state index contributed by atoms with van der Waals surface area (Å²) in [6, 6.07) is 12.3. The van der Waals surface area contributed by atoms with Crippen LogP contribution in [0.3, 0.4) is 0 Å². The van der Waals surface area contributed by atoms with Crippen molar-refractivity contribution >= 4 is 27.1 Å². The fraction of sp³-hybridized carbons (Fsp3) is 0.0667. The van der Waals surface area contributed by atoms with E-state index in [9.17, 15) is 13.2 Å². The predicted molar refractivity (Wildman–Crippen MR) is 80.9 cm³/mol. The molecule has 3 rings (SSSR count). The van der Waals surface area contributed by atoms with Gasteiger partial charge in [-0.05, 0) is 36.4 Å². The average molecular weight is 332 g/mol. The summed E-state index contributed by atoms with van der Waals surface area (Å²) in [5, 5.41) is 4.99. The number of fused-ring (bicyclic) bond motifs is 1.